The lowest BCUT2D eigenvalue weighted by Gasteiger charge is -2.16. The van der Waals surface area contributed by atoms with Crippen LogP contribution < -0.4 is 15.8 Å². The Bertz CT molecular complexity index is 464. The Balaban J connectivity index is 0.00000200. The summed E-state index contributed by atoms with van der Waals surface area (Å²) >= 11 is 5.92. The second-order valence-electron chi connectivity index (χ2n) is 4.95. The molecule has 0 aliphatic heterocycles. The average Bonchev–Trinajstić information content (AvgIpc) is 3.21. The Labute approximate surface area is 130 Å². The van der Waals surface area contributed by atoms with Gasteiger partial charge in [-0.3, -0.25) is 4.79 Å². The van der Waals surface area contributed by atoms with E-state index in [1.165, 1.54) is 0 Å². The maximum atomic E-state index is 11.8. The number of hydrogen-bond acceptors (Lipinski definition) is 3. The molecule has 1 unspecified atom stereocenters. The third-order valence-electron chi connectivity index (χ3n) is 3.29. The first-order valence-corrected chi connectivity index (χ1v) is 6.86. The molecular weight excluding hydrogens is 299 g/mol. The molecule has 1 atom stereocenters. The van der Waals surface area contributed by atoms with Gasteiger partial charge in [0.1, 0.15) is 5.75 Å². The SMILES string of the molecule is Cc1cc(OCC(=O)NC(CN)C2CC2)ccc1Cl.Cl. The lowest BCUT2D eigenvalue weighted by molar-refractivity contribution is -0.123. The van der Waals surface area contributed by atoms with E-state index in [0.29, 0.717) is 23.2 Å². The van der Waals surface area contributed by atoms with Gasteiger partial charge >= 0.3 is 0 Å². The molecule has 4 nitrogen and oxygen atoms in total. The molecule has 1 aromatic rings. The molecular formula is C14H20Cl2N2O2. The van der Waals surface area contributed by atoms with E-state index in [9.17, 15) is 4.79 Å². The van der Waals surface area contributed by atoms with E-state index >= 15 is 0 Å². The summed E-state index contributed by atoms with van der Waals surface area (Å²) < 4.78 is 5.44. The zero-order chi connectivity index (χ0) is 13.8. The summed E-state index contributed by atoms with van der Waals surface area (Å²) in [5, 5.41) is 3.60. The molecule has 0 heterocycles. The number of benzene rings is 1. The highest BCUT2D eigenvalue weighted by Gasteiger charge is 2.31. The van der Waals surface area contributed by atoms with Crippen molar-refractivity contribution in [3.8, 4) is 5.75 Å². The molecule has 6 heteroatoms. The minimum absolute atomic E-state index is 0. The van der Waals surface area contributed by atoms with Gasteiger partial charge in [-0.05, 0) is 49.4 Å². The molecule has 3 N–H and O–H groups in total. The summed E-state index contributed by atoms with van der Waals surface area (Å²) in [6.45, 7) is 2.38. The average molecular weight is 319 g/mol. The first kappa shape index (κ1) is 17.1. The zero-order valence-electron chi connectivity index (χ0n) is 11.4. The molecule has 0 saturated heterocycles. The predicted molar refractivity (Wildman–Crippen MR) is 82.6 cm³/mol. The fourth-order valence-electron chi connectivity index (χ4n) is 1.97. The van der Waals surface area contributed by atoms with E-state index in [4.69, 9.17) is 22.1 Å². The van der Waals surface area contributed by atoms with Crippen LogP contribution in [0.25, 0.3) is 0 Å². The highest BCUT2D eigenvalue weighted by molar-refractivity contribution is 6.31. The number of rotatable bonds is 6. The van der Waals surface area contributed by atoms with Crippen LogP contribution in [0.5, 0.6) is 5.75 Å². The predicted octanol–water partition coefficient (Wildman–Crippen LogP) is 2.30. The van der Waals surface area contributed by atoms with Crippen molar-refractivity contribution in [3.63, 3.8) is 0 Å². The van der Waals surface area contributed by atoms with E-state index in [0.717, 1.165) is 18.4 Å². The molecule has 0 radical (unpaired) electrons. The van der Waals surface area contributed by atoms with Gasteiger partial charge in [0.05, 0.1) is 0 Å². The summed E-state index contributed by atoms with van der Waals surface area (Å²) in [6.07, 6.45) is 2.30. The molecule has 1 aliphatic carbocycles. The van der Waals surface area contributed by atoms with E-state index in [-0.39, 0.29) is 31.0 Å². The van der Waals surface area contributed by atoms with Crippen LogP contribution in [0.3, 0.4) is 0 Å². The Kier molecular flexibility index (Phi) is 6.59. The summed E-state index contributed by atoms with van der Waals surface area (Å²) in [5.74, 6) is 1.06. The van der Waals surface area contributed by atoms with Gasteiger partial charge in [-0.25, -0.2) is 0 Å². The number of nitrogens with two attached hydrogens (primary N) is 1. The van der Waals surface area contributed by atoms with Gasteiger partial charge < -0.3 is 15.8 Å². The molecule has 1 saturated carbocycles. The van der Waals surface area contributed by atoms with Crippen molar-refractivity contribution < 1.29 is 9.53 Å². The Morgan fingerprint density at radius 2 is 2.25 bits per heavy atom. The maximum absolute atomic E-state index is 11.8. The van der Waals surface area contributed by atoms with Crippen LogP contribution in [0.1, 0.15) is 18.4 Å². The van der Waals surface area contributed by atoms with Crippen LogP contribution in [0.15, 0.2) is 18.2 Å². The van der Waals surface area contributed by atoms with E-state index in [1.807, 2.05) is 13.0 Å². The number of nitrogens with one attached hydrogen (secondary N) is 1. The topological polar surface area (TPSA) is 64.3 Å². The summed E-state index contributed by atoms with van der Waals surface area (Å²) in [7, 11) is 0. The van der Waals surface area contributed by atoms with Crippen molar-refractivity contribution in [1.29, 1.82) is 0 Å². The first-order chi connectivity index (χ1) is 9.10. The molecule has 0 spiro atoms. The molecule has 20 heavy (non-hydrogen) atoms. The van der Waals surface area contributed by atoms with Crippen molar-refractivity contribution in [2.45, 2.75) is 25.8 Å². The number of halogens is 2. The van der Waals surface area contributed by atoms with Gasteiger partial charge in [0.15, 0.2) is 6.61 Å². The molecule has 0 aromatic heterocycles. The van der Waals surface area contributed by atoms with Crippen molar-refractivity contribution in [2.24, 2.45) is 11.7 Å². The standard InChI is InChI=1S/C14H19ClN2O2.ClH/c1-9-6-11(4-5-12(9)15)19-8-14(18)17-13(7-16)10-2-3-10;/h4-6,10,13H,2-3,7-8,16H2,1H3,(H,17,18);1H. The quantitative estimate of drug-likeness (QED) is 0.846. The smallest absolute Gasteiger partial charge is 0.258 e. The first-order valence-electron chi connectivity index (χ1n) is 6.48. The van der Waals surface area contributed by atoms with Gasteiger partial charge in [-0.1, -0.05) is 11.6 Å². The molecule has 2 rings (SSSR count). The molecule has 0 bridgehead atoms. The highest BCUT2D eigenvalue weighted by atomic mass is 35.5. The van der Waals surface area contributed by atoms with Crippen molar-refractivity contribution in [2.75, 3.05) is 13.2 Å². The molecule has 112 valence electrons. The number of hydrogen-bond donors (Lipinski definition) is 2. The second-order valence-corrected chi connectivity index (χ2v) is 5.35. The van der Waals surface area contributed by atoms with Crippen LogP contribution in [0, 0.1) is 12.8 Å². The van der Waals surface area contributed by atoms with E-state index in [2.05, 4.69) is 5.32 Å². The normalized spacial score (nSPS) is 15.2. The molecule has 1 aliphatic rings. The van der Waals surface area contributed by atoms with Crippen LogP contribution in [-0.4, -0.2) is 25.1 Å². The largest absolute Gasteiger partial charge is 0.484 e. The summed E-state index contributed by atoms with van der Waals surface area (Å²) in [5.41, 5.74) is 6.56. The number of carbonyl (C=O) groups is 1. The van der Waals surface area contributed by atoms with Gasteiger partial charge in [0.2, 0.25) is 0 Å². The monoisotopic (exact) mass is 318 g/mol. The van der Waals surface area contributed by atoms with Crippen LogP contribution in [-0.2, 0) is 4.79 Å². The minimum atomic E-state index is -0.130. The Morgan fingerprint density at radius 1 is 1.55 bits per heavy atom. The molecule has 1 aromatic carbocycles. The Hall–Kier alpha value is -0.970. The Morgan fingerprint density at radius 3 is 2.80 bits per heavy atom. The van der Waals surface area contributed by atoms with Crippen molar-refractivity contribution >= 4 is 29.9 Å². The maximum Gasteiger partial charge on any atom is 0.258 e. The van der Waals surface area contributed by atoms with Gasteiger partial charge in [0.25, 0.3) is 5.91 Å². The van der Waals surface area contributed by atoms with E-state index < -0.39 is 0 Å². The van der Waals surface area contributed by atoms with Crippen molar-refractivity contribution in [1.82, 2.24) is 5.32 Å². The summed E-state index contributed by atoms with van der Waals surface area (Å²) in [4.78, 5) is 11.8. The summed E-state index contributed by atoms with van der Waals surface area (Å²) in [6, 6.07) is 5.42. The molecule has 1 fully saturated rings. The zero-order valence-corrected chi connectivity index (χ0v) is 13.0. The van der Waals surface area contributed by atoms with Crippen LogP contribution in [0.2, 0.25) is 5.02 Å². The van der Waals surface area contributed by atoms with Gasteiger partial charge in [0, 0.05) is 17.6 Å². The van der Waals surface area contributed by atoms with Crippen molar-refractivity contribution in [3.05, 3.63) is 28.8 Å². The lowest BCUT2D eigenvalue weighted by atomic mass is 10.2. The minimum Gasteiger partial charge on any atom is -0.484 e. The second kappa shape index (κ2) is 7.72. The number of aryl methyl sites for hydroxylation is 1. The highest BCUT2D eigenvalue weighted by Crippen LogP contribution is 2.32. The van der Waals surface area contributed by atoms with Gasteiger partial charge in [-0.2, -0.15) is 0 Å². The fourth-order valence-corrected chi connectivity index (χ4v) is 2.09. The number of carbonyl (C=O) groups excluding carboxylic acids is 1. The number of amides is 1. The van der Waals surface area contributed by atoms with E-state index in [1.54, 1.807) is 12.1 Å². The lowest BCUT2D eigenvalue weighted by Crippen LogP contribution is -2.43. The fraction of sp³-hybridized carbons (Fsp3) is 0.500. The van der Waals surface area contributed by atoms with Crippen LogP contribution in [0.4, 0.5) is 0 Å². The van der Waals surface area contributed by atoms with Crippen LogP contribution >= 0.6 is 24.0 Å². The van der Waals surface area contributed by atoms with Gasteiger partial charge in [-0.15, -0.1) is 12.4 Å². The third kappa shape index (κ3) is 4.85. The third-order valence-corrected chi connectivity index (χ3v) is 3.71. The number of ether oxygens (including phenoxy) is 1. The molecule has 1 amide bonds.